The molecular formula is C47H46N2. The monoisotopic (exact) mass is 638 g/mol. The first kappa shape index (κ1) is 29.4. The lowest BCUT2D eigenvalue weighted by molar-refractivity contribution is 0.275. The first-order valence-electron chi connectivity index (χ1n) is 19.0. The van der Waals surface area contributed by atoms with Crippen LogP contribution < -0.4 is 21.0 Å². The van der Waals surface area contributed by atoms with Crippen LogP contribution in [0.2, 0.25) is 0 Å². The molecule has 0 saturated heterocycles. The lowest BCUT2D eigenvalue weighted by Gasteiger charge is -2.38. The molecule has 0 aliphatic heterocycles. The Kier molecular flexibility index (Phi) is 7.07. The summed E-state index contributed by atoms with van der Waals surface area (Å²) in [5.74, 6) is 1.47. The molecule has 2 nitrogen and oxygen atoms in total. The summed E-state index contributed by atoms with van der Waals surface area (Å²) in [6.07, 6.45) is 42.0. The van der Waals surface area contributed by atoms with Crippen molar-refractivity contribution in [1.82, 2.24) is 9.13 Å². The predicted molar refractivity (Wildman–Crippen MR) is 207 cm³/mol. The highest BCUT2D eigenvalue weighted by Crippen LogP contribution is 2.42. The van der Waals surface area contributed by atoms with Crippen molar-refractivity contribution in [3.8, 4) is 0 Å². The van der Waals surface area contributed by atoms with Crippen LogP contribution in [0, 0.1) is 11.8 Å². The molecule has 49 heavy (non-hydrogen) atoms. The molecule has 2 aromatic heterocycles. The second-order valence-electron chi connectivity index (χ2n) is 15.3. The maximum atomic E-state index is 2.83. The van der Waals surface area contributed by atoms with Crippen molar-refractivity contribution < 1.29 is 0 Å². The minimum absolute atomic E-state index is 0.356. The van der Waals surface area contributed by atoms with Crippen LogP contribution in [-0.4, -0.2) is 9.13 Å². The average molecular weight is 639 g/mol. The predicted octanol–water partition coefficient (Wildman–Crippen LogP) is 8.35. The highest BCUT2D eigenvalue weighted by Gasteiger charge is 2.35. The Balaban J connectivity index is 1.08. The van der Waals surface area contributed by atoms with Gasteiger partial charge in [-0.15, -0.1) is 0 Å². The van der Waals surface area contributed by atoms with Crippen LogP contribution in [0.15, 0.2) is 90.6 Å². The van der Waals surface area contributed by atoms with Crippen LogP contribution in [0.1, 0.15) is 97.9 Å². The molecule has 0 bridgehead atoms. The summed E-state index contributed by atoms with van der Waals surface area (Å²) in [7, 11) is 0. The molecule has 0 N–H and O–H groups in total. The van der Waals surface area contributed by atoms with E-state index in [1.165, 1.54) is 67.1 Å². The molecule has 6 aliphatic carbocycles. The molecule has 0 amide bonds. The van der Waals surface area contributed by atoms with E-state index in [-0.39, 0.29) is 0 Å². The Labute approximate surface area is 289 Å². The second kappa shape index (κ2) is 11.8. The molecule has 244 valence electrons. The van der Waals surface area contributed by atoms with Gasteiger partial charge in [-0.05, 0) is 91.8 Å². The summed E-state index contributed by atoms with van der Waals surface area (Å²) in [5, 5.41) is 7.12. The Morgan fingerprint density at radius 1 is 0.714 bits per heavy atom. The van der Waals surface area contributed by atoms with Crippen LogP contribution in [0.4, 0.5) is 0 Å². The first-order chi connectivity index (χ1) is 24.2. The van der Waals surface area contributed by atoms with Gasteiger partial charge in [-0.25, -0.2) is 0 Å². The zero-order chi connectivity index (χ0) is 32.5. The van der Waals surface area contributed by atoms with Crippen molar-refractivity contribution in [3.63, 3.8) is 0 Å². The van der Waals surface area contributed by atoms with Crippen LogP contribution in [0.3, 0.4) is 0 Å². The van der Waals surface area contributed by atoms with Gasteiger partial charge in [0.2, 0.25) is 0 Å². The first-order valence-corrected chi connectivity index (χ1v) is 19.0. The molecule has 0 spiro atoms. The second-order valence-corrected chi connectivity index (χ2v) is 15.3. The molecule has 0 saturated carbocycles. The smallest absolute Gasteiger partial charge is 0.0563 e. The summed E-state index contributed by atoms with van der Waals surface area (Å²) in [6.45, 7) is 2.49. The fourth-order valence-corrected chi connectivity index (χ4v) is 10.2. The number of hydrogen-bond donors (Lipinski definition) is 0. The summed E-state index contributed by atoms with van der Waals surface area (Å²) in [4.78, 5) is 0. The summed E-state index contributed by atoms with van der Waals surface area (Å²) < 4.78 is 5.51. The molecule has 2 unspecified atom stereocenters. The topological polar surface area (TPSA) is 9.86 Å². The zero-order valence-corrected chi connectivity index (χ0v) is 28.7. The third-order valence-electron chi connectivity index (χ3n) is 12.5. The van der Waals surface area contributed by atoms with E-state index in [1.54, 1.807) is 11.3 Å². The standard InChI is InChI=1S/C47H46N2/c1-31-12-11-19-38(33-14-3-2-4-15-33)47(31)49-44-21-10-8-18-40(44)42-30-36(24-27-46(42)49)35-23-26-45-41(29-35)39-17-7-9-20-43(39)48(45)37-25-22-32-13-5-6-16-34(32)28-37/h2-3,5-8,11,13-14,16-19,22-23,26-31,36-38,47H,4,9-10,12,15,20-21,24-25H2,1H3/t31-,36?,37+,38-,47?/m1/s1. The van der Waals surface area contributed by atoms with Gasteiger partial charge in [-0.3, -0.25) is 0 Å². The zero-order valence-electron chi connectivity index (χ0n) is 28.7. The molecule has 6 aliphatic rings. The van der Waals surface area contributed by atoms with Gasteiger partial charge < -0.3 is 9.13 Å². The normalized spacial score (nSPS) is 26.4. The minimum atomic E-state index is 0.356. The van der Waals surface area contributed by atoms with Crippen LogP contribution in [-0.2, 0) is 12.8 Å². The minimum Gasteiger partial charge on any atom is -0.340 e. The van der Waals surface area contributed by atoms with E-state index >= 15 is 0 Å². The average Bonchev–Trinajstić information content (AvgIpc) is 3.67. The third kappa shape index (κ3) is 4.74. The van der Waals surface area contributed by atoms with Crippen molar-refractivity contribution >= 4 is 47.4 Å². The Hall–Kier alpha value is -4.56. The van der Waals surface area contributed by atoms with E-state index < -0.39 is 0 Å². The lowest BCUT2D eigenvalue weighted by atomic mass is 9.76. The van der Waals surface area contributed by atoms with Gasteiger partial charge in [0.1, 0.15) is 0 Å². The van der Waals surface area contributed by atoms with Crippen molar-refractivity contribution in [1.29, 1.82) is 0 Å². The van der Waals surface area contributed by atoms with E-state index in [2.05, 4.69) is 138 Å². The van der Waals surface area contributed by atoms with E-state index in [9.17, 15) is 0 Å². The van der Waals surface area contributed by atoms with Crippen LogP contribution in [0.5, 0.6) is 0 Å². The molecule has 5 atom stereocenters. The van der Waals surface area contributed by atoms with E-state index in [4.69, 9.17) is 0 Å². The van der Waals surface area contributed by atoms with Gasteiger partial charge in [0.05, 0.1) is 6.04 Å². The maximum Gasteiger partial charge on any atom is 0.0563 e. The fourth-order valence-electron chi connectivity index (χ4n) is 10.2. The van der Waals surface area contributed by atoms with Crippen molar-refractivity contribution in [2.24, 2.45) is 11.8 Å². The Morgan fingerprint density at radius 2 is 1.53 bits per heavy atom. The quantitative estimate of drug-likeness (QED) is 0.199. The molecular weight excluding hydrogens is 593 g/mol. The SMILES string of the molecule is C[C@@H]1CC=C[C@H](C2=CC=CCC2)C1n1c2c(c3c1=CCC(c1ccc4c(c1)c1c(n4[C@@H]4C=c5ccccc5=CC4)CCC=C1)C=3)C=CCC2. The van der Waals surface area contributed by atoms with Gasteiger partial charge in [-0.1, -0.05) is 122 Å². The van der Waals surface area contributed by atoms with E-state index in [0.717, 1.165) is 44.9 Å². The number of hydrogen-bond acceptors (Lipinski definition) is 0. The number of aromatic nitrogens is 2. The number of fused-ring (bicyclic) bond motifs is 7. The molecule has 0 radical (unpaired) electrons. The molecule has 2 heteroatoms. The van der Waals surface area contributed by atoms with Gasteiger partial charge in [0.15, 0.2) is 0 Å². The summed E-state index contributed by atoms with van der Waals surface area (Å²) in [6, 6.07) is 17.1. The van der Waals surface area contributed by atoms with Crippen LogP contribution in [0.25, 0.3) is 47.4 Å². The van der Waals surface area contributed by atoms with Gasteiger partial charge >= 0.3 is 0 Å². The molecule has 2 aromatic carbocycles. The molecule has 4 aromatic rings. The Bertz CT molecular complexity index is 2410. The van der Waals surface area contributed by atoms with E-state index in [0.29, 0.717) is 29.8 Å². The number of allylic oxidation sites excluding steroid dienone is 8. The Morgan fingerprint density at radius 3 is 2.39 bits per heavy atom. The van der Waals surface area contributed by atoms with Crippen molar-refractivity contribution in [2.45, 2.75) is 82.7 Å². The summed E-state index contributed by atoms with van der Waals surface area (Å²) in [5.41, 5.74) is 10.5. The molecule has 10 rings (SSSR count). The fraction of sp³-hybridized carbons (Fsp3) is 0.319. The lowest BCUT2D eigenvalue weighted by Crippen LogP contribution is -2.40. The third-order valence-corrected chi connectivity index (χ3v) is 12.5. The van der Waals surface area contributed by atoms with Gasteiger partial charge in [0, 0.05) is 61.9 Å². The molecule has 2 heterocycles. The number of nitrogens with zero attached hydrogens (tertiary/aromatic N) is 2. The highest BCUT2D eigenvalue weighted by atomic mass is 15.0. The number of benzene rings is 2. The van der Waals surface area contributed by atoms with Crippen molar-refractivity contribution in [2.75, 3.05) is 0 Å². The maximum absolute atomic E-state index is 2.83. The van der Waals surface area contributed by atoms with Crippen LogP contribution >= 0.6 is 0 Å². The van der Waals surface area contributed by atoms with E-state index in [1.807, 2.05) is 0 Å². The van der Waals surface area contributed by atoms with Crippen molar-refractivity contribution in [3.05, 3.63) is 140 Å². The number of rotatable bonds is 4. The molecule has 0 fully saturated rings. The largest absolute Gasteiger partial charge is 0.340 e. The summed E-state index contributed by atoms with van der Waals surface area (Å²) >= 11 is 0. The van der Waals surface area contributed by atoms with Gasteiger partial charge in [0.25, 0.3) is 0 Å². The highest BCUT2D eigenvalue weighted by molar-refractivity contribution is 5.93. The van der Waals surface area contributed by atoms with Gasteiger partial charge in [-0.2, -0.15) is 0 Å².